The molecule has 4 aromatic rings. The number of hydrogen-bond acceptors (Lipinski definition) is 9. The predicted molar refractivity (Wildman–Crippen MR) is 139 cm³/mol. The molecular formula is C26H23N7O5. The van der Waals surface area contributed by atoms with Crippen molar-refractivity contribution in [1.82, 2.24) is 19.7 Å². The van der Waals surface area contributed by atoms with E-state index in [2.05, 4.69) is 20.6 Å². The molecule has 0 spiro atoms. The Balaban J connectivity index is 1.64. The van der Waals surface area contributed by atoms with Crippen LogP contribution in [0.15, 0.2) is 78.3 Å². The number of benzene rings is 2. The molecule has 5 rings (SSSR count). The standard InChI is InChI=1S/C26H23N7O5/c1-15-22(25(34)29-17-5-4-12-27-14-17)23(20-13-19(37-2)10-11-21(20)38-3)32-26(28-15)30-24(31-32)16-6-8-18(9-7-16)33(35)36/h4-14,23H,1-3H3,(H,29,34)(H,28,30,31). The van der Waals surface area contributed by atoms with Gasteiger partial charge in [-0.05, 0) is 49.4 Å². The normalized spacial score (nSPS) is 14.3. The van der Waals surface area contributed by atoms with Gasteiger partial charge in [0, 0.05) is 35.2 Å². The lowest BCUT2D eigenvalue weighted by atomic mass is 9.94. The number of methoxy groups -OCH3 is 2. The van der Waals surface area contributed by atoms with Gasteiger partial charge in [-0.3, -0.25) is 19.9 Å². The summed E-state index contributed by atoms with van der Waals surface area (Å²) in [6.07, 6.45) is 3.17. The highest BCUT2D eigenvalue weighted by atomic mass is 16.6. The van der Waals surface area contributed by atoms with E-state index in [0.717, 1.165) is 0 Å². The highest BCUT2D eigenvalue weighted by Crippen LogP contribution is 2.41. The Morgan fingerprint density at radius 1 is 1.13 bits per heavy atom. The fourth-order valence-corrected chi connectivity index (χ4v) is 4.28. The molecule has 2 N–H and O–H groups in total. The van der Waals surface area contributed by atoms with Crippen LogP contribution in [0.4, 0.5) is 17.3 Å². The molecule has 1 atom stereocenters. The third-order valence-electron chi connectivity index (χ3n) is 6.08. The molecule has 12 heteroatoms. The highest BCUT2D eigenvalue weighted by molar-refractivity contribution is 6.06. The molecule has 1 aliphatic rings. The van der Waals surface area contributed by atoms with Crippen molar-refractivity contribution in [2.75, 3.05) is 24.9 Å². The number of nitrogens with one attached hydrogen (secondary N) is 2. The van der Waals surface area contributed by atoms with E-state index in [1.54, 1.807) is 80.7 Å². The minimum Gasteiger partial charge on any atom is -0.497 e. The number of hydrogen-bond donors (Lipinski definition) is 2. The Morgan fingerprint density at radius 2 is 1.92 bits per heavy atom. The first-order valence-electron chi connectivity index (χ1n) is 11.5. The molecule has 0 aliphatic carbocycles. The second-order valence-corrected chi connectivity index (χ2v) is 8.38. The second kappa shape index (κ2) is 10.0. The number of aromatic nitrogens is 4. The Labute approximate surface area is 217 Å². The van der Waals surface area contributed by atoms with E-state index in [1.807, 2.05) is 0 Å². The Kier molecular flexibility index (Phi) is 6.44. The van der Waals surface area contributed by atoms with Gasteiger partial charge in [0.05, 0.1) is 36.6 Å². The topological polar surface area (TPSA) is 146 Å². The minimum atomic E-state index is -0.743. The monoisotopic (exact) mass is 513 g/mol. The highest BCUT2D eigenvalue weighted by Gasteiger charge is 2.36. The number of carbonyl (C=O) groups excluding carboxylic acids is 1. The summed E-state index contributed by atoms with van der Waals surface area (Å²) < 4.78 is 12.7. The predicted octanol–water partition coefficient (Wildman–Crippen LogP) is 4.19. The number of pyridine rings is 1. The van der Waals surface area contributed by atoms with Gasteiger partial charge in [0.2, 0.25) is 5.95 Å². The van der Waals surface area contributed by atoms with Gasteiger partial charge in [0.1, 0.15) is 17.5 Å². The quantitative estimate of drug-likeness (QED) is 0.274. The first-order valence-corrected chi connectivity index (χ1v) is 11.5. The van der Waals surface area contributed by atoms with Crippen molar-refractivity contribution >= 4 is 23.2 Å². The molecule has 0 saturated heterocycles. The number of amides is 1. The number of rotatable bonds is 7. The SMILES string of the molecule is COc1ccc(OC)c(C2C(C(=O)Nc3cccnc3)=C(C)Nc3nc(-c4ccc([N+](=O)[O-])cc4)nn32)c1. The van der Waals surface area contributed by atoms with Crippen LogP contribution in [-0.2, 0) is 4.79 Å². The summed E-state index contributed by atoms with van der Waals surface area (Å²) in [6, 6.07) is 14.0. The average Bonchev–Trinajstić information content (AvgIpc) is 3.36. The van der Waals surface area contributed by atoms with Crippen molar-refractivity contribution in [1.29, 1.82) is 0 Å². The van der Waals surface area contributed by atoms with Gasteiger partial charge in [-0.1, -0.05) is 0 Å². The van der Waals surface area contributed by atoms with Crippen molar-refractivity contribution in [3.63, 3.8) is 0 Å². The van der Waals surface area contributed by atoms with Crippen molar-refractivity contribution in [3.05, 3.63) is 93.9 Å². The van der Waals surface area contributed by atoms with Gasteiger partial charge in [-0.15, -0.1) is 5.10 Å². The molecule has 12 nitrogen and oxygen atoms in total. The maximum Gasteiger partial charge on any atom is 0.269 e. The lowest BCUT2D eigenvalue weighted by molar-refractivity contribution is -0.384. The number of fused-ring (bicyclic) bond motifs is 1. The Bertz CT molecular complexity index is 1550. The molecule has 1 aliphatic heterocycles. The molecule has 0 saturated carbocycles. The average molecular weight is 514 g/mol. The maximum absolute atomic E-state index is 13.7. The summed E-state index contributed by atoms with van der Waals surface area (Å²) in [6.45, 7) is 1.78. The number of anilines is 2. The van der Waals surface area contributed by atoms with Crippen molar-refractivity contribution in [2.24, 2.45) is 0 Å². The van der Waals surface area contributed by atoms with E-state index in [-0.39, 0.29) is 11.6 Å². The summed E-state index contributed by atoms with van der Waals surface area (Å²) in [4.78, 5) is 33.0. The van der Waals surface area contributed by atoms with Gasteiger partial charge in [0.25, 0.3) is 11.6 Å². The van der Waals surface area contributed by atoms with E-state index < -0.39 is 11.0 Å². The van der Waals surface area contributed by atoms with Crippen LogP contribution < -0.4 is 20.1 Å². The molecular weight excluding hydrogens is 490 g/mol. The zero-order valence-corrected chi connectivity index (χ0v) is 20.7. The first-order chi connectivity index (χ1) is 18.4. The number of allylic oxidation sites excluding steroid dienone is 1. The van der Waals surface area contributed by atoms with Crippen LogP contribution in [0.3, 0.4) is 0 Å². The van der Waals surface area contributed by atoms with E-state index in [1.165, 1.54) is 12.1 Å². The number of carbonyl (C=O) groups is 1. The number of nitrogens with zero attached hydrogens (tertiary/aromatic N) is 5. The number of nitro groups is 1. The van der Waals surface area contributed by atoms with Crippen LogP contribution in [0.2, 0.25) is 0 Å². The van der Waals surface area contributed by atoms with E-state index in [4.69, 9.17) is 14.6 Å². The van der Waals surface area contributed by atoms with Gasteiger partial charge in [-0.25, -0.2) is 4.68 Å². The Morgan fingerprint density at radius 3 is 2.58 bits per heavy atom. The third-order valence-corrected chi connectivity index (χ3v) is 6.08. The molecule has 0 fully saturated rings. The minimum absolute atomic E-state index is 0.0401. The van der Waals surface area contributed by atoms with Crippen LogP contribution in [-0.4, -0.2) is 44.8 Å². The molecule has 2 aromatic carbocycles. The fraction of sp³-hybridized carbons (Fsp3) is 0.154. The van der Waals surface area contributed by atoms with Crippen molar-refractivity contribution in [3.8, 4) is 22.9 Å². The van der Waals surface area contributed by atoms with Crippen molar-refractivity contribution < 1.29 is 19.2 Å². The van der Waals surface area contributed by atoms with Gasteiger partial charge in [-0.2, -0.15) is 4.98 Å². The van der Waals surface area contributed by atoms with Crippen LogP contribution >= 0.6 is 0 Å². The smallest absolute Gasteiger partial charge is 0.269 e. The number of ether oxygens (including phenoxy) is 2. The first kappa shape index (κ1) is 24.4. The van der Waals surface area contributed by atoms with Crippen LogP contribution in [0, 0.1) is 10.1 Å². The molecule has 3 heterocycles. The summed E-state index contributed by atoms with van der Waals surface area (Å²) >= 11 is 0. The lowest BCUT2D eigenvalue weighted by Gasteiger charge is -2.29. The van der Waals surface area contributed by atoms with Crippen molar-refractivity contribution in [2.45, 2.75) is 13.0 Å². The van der Waals surface area contributed by atoms with Gasteiger partial charge in [0.15, 0.2) is 5.82 Å². The molecule has 1 amide bonds. The molecule has 0 radical (unpaired) electrons. The van der Waals surface area contributed by atoms with Gasteiger partial charge < -0.3 is 20.1 Å². The summed E-state index contributed by atoms with van der Waals surface area (Å²) in [5, 5.41) is 21.9. The third kappa shape index (κ3) is 4.50. The van der Waals surface area contributed by atoms with E-state index in [9.17, 15) is 14.9 Å². The molecule has 1 unspecified atom stereocenters. The number of non-ortho nitro benzene ring substituents is 1. The second-order valence-electron chi connectivity index (χ2n) is 8.38. The molecule has 0 bridgehead atoms. The van der Waals surface area contributed by atoms with Gasteiger partial charge >= 0.3 is 0 Å². The Hall–Kier alpha value is -5.26. The van der Waals surface area contributed by atoms with Crippen LogP contribution in [0.5, 0.6) is 11.5 Å². The van der Waals surface area contributed by atoms with E-state index >= 15 is 0 Å². The largest absolute Gasteiger partial charge is 0.497 e. The summed E-state index contributed by atoms with van der Waals surface area (Å²) in [5.41, 5.74) is 2.65. The molecule has 38 heavy (non-hydrogen) atoms. The number of nitro benzene ring substituents is 1. The zero-order chi connectivity index (χ0) is 26.8. The molecule has 2 aromatic heterocycles. The lowest BCUT2D eigenvalue weighted by Crippen LogP contribution is -2.31. The van der Waals surface area contributed by atoms with E-state index in [0.29, 0.717) is 51.4 Å². The zero-order valence-electron chi connectivity index (χ0n) is 20.7. The van der Waals surface area contributed by atoms with Crippen LogP contribution in [0.1, 0.15) is 18.5 Å². The fourth-order valence-electron chi connectivity index (χ4n) is 4.28. The summed E-state index contributed by atoms with van der Waals surface area (Å²) in [5.74, 6) is 1.45. The summed E-state index contributed by atoms with van der Waals surface area (Å²) in [7, 11) is 3.10. The maximum atomic E-state index is 13.7. The van der Waals surface area contributed by atoms with Crippen LogP contribution in [0.25, 0.3) is 11.4 Å². The molecule has 192 valence electrons.